The summed E-state index contributed by atoms with van der Waals surface area (Å²) in [6.45, 7) is 6.83. The van der Waals surface area contributed by atoms with E-state index in [1.807, 2.05) is 0 Å². The Morgan fingerprint density at radius 2 is 1.03 bits per heavy atom. The third-order valence-corrected chi connectivity index (χ3v) is 9.09. The lowest BCUT2D eigenvalue weighted by atomic mass is 9.72. The predicted molar refractivity (Wildman–Crippen MR) is 139 cm³/mol. The highest BCUT2D eigenvalue weighted by Gasteiger charge is 2.32. The van der Waals surface area contributed by atoms with E-state index in [0.717, 1.165) is 24.2 Å². The zero-order valence-electron chi connectivity index (χ0n) is 20.7. The first kappa shape index (κ1) is 22.5. The quantitative estimate of drug-likeness (QED) is 0.416. The number of nitrogens with zero attached hydrogens (tertiary/aromatic N) is 2. The van der Waals surface area contributed by atoms with Crippen LogP contribution in [0.4, 0.5) is 0 Å². The number of hydrogen-bond donors (Lipinski definition) is 0. The summed E-state index contributed by atoms with van der Waals surface area (Å²) in [5.74, 6) is 1.42. The van der Waals surface area contributed by atoms with Crippen molar-refractivity contribution in [1.29, 1.82) is 0 Å². The molecule has 0 unspecified atom stereocenters. The highest BCUT2D eigenvalue weighted by molar-refractivity contribution is 6.11. The first-order valence-electron chi connectivity index (χ1n) is 14.0. The van der Waals surface area contributed by atoms with E-state index in [0.29, 0.717) is 11.8 Å². The average molecular weight is 457 g/mol. The molecule has 0 atom stereocenters. The van der Waals surface area contributed by atoms with Gasteiger partial charge in [-0.1, -0.05) is 49.2 Å². The number of carbonyl (C=O) groups is 1. The first-order chi connectivity index (χ1) is 16.8. The van der Waals surface area contributed by atoms with Gasteiger partial charge in [0.25, 0.3) is 0 Å². The maximum atomic E-state index is 14.3. The van der Waals surface area contributed by atoms with Crippen LogP contribution in [0.25, 0.3) is 0 Å². The van der Waals surface area contributed by atoms with Gasteiger partial charge in [0.2, 0.25) is 0 Å². The molecule has 0 amide bonds. The molecule has 2 saturated heterocycles. The van der Waals surface area contributed by atoms with Crippen LogP contribution in [0.2, 0.25) is 0 Å². The lowest BCUT2D eigenvalue weighted by molar-refractivity contribution is 0.103. The first-order valence-corrected chi connectivity index (χ1v) is 14.0. The second kappa shape index (κ2) is 9.95. The lowest BCUT2D eigenvalue weighted by Gasteiger charge is -2.33. The SMILES string of the molecule is O=C(c1cccc(CN2CCCC2)c1C1CCC1)c1cccc(CN2CCCC2)c1C1CCC1. The van der Waals surface area contributed by atoms with Crippen LogP contribution in [0.5, 0.6) is 0 Å². The van der Waals surface area contributed by atoms with Gasteiger partial charge < -0.3 is 0 Å². The molecule has 0 spiro atoms. The summed E-state index contributed by atoms with van der Waals surface area (Å²) in [6.07, 6.45) is 12.8. The standard InChI is InChI=1S/C31H40N2O/c34-31(27-15-7-13-25(21-32-17-1-2-18-32)29(27)23-9-5-10-23)28-16-8-14-26(22-33-19-3-4-20-33)30(28)24-11-6-12-24/h7-8,13-16,23-24H,1-6,9-12,17-22H2. The van der Waals surface area contributed by atoms with E-state index in [1.54, 1.807) is 0 Å². The molecule has 2 saturated carbocycles. The maximum absolute atomic E-state index is 14.3. The molecule has 4 aliphatic rings. The largest absolute Gasteiger partial charge is 0.299 e. The molecule has 34 heavy (non-hydrogen) atoms. The Balaban J connectivity index is 1.38. The van der Waals surface area contributed by atoms with Crippen LogP contribution >= 0.6 is 0 Å². The normalized spacial score (nSPS) is 22.1. The van der Waals surface area contributed by atoms with Crippen molar-refractivity contribution in [3.63, 3.8) is 0 Å². The summed E-state index contributed by atoms with van der Waals surface area (Å²) in [6, 6.07) is 13.2. The number of benzene rings is 2. The van der Waals surface area contributed by atoms with E-state index in [-0.39, 0.29) is 5.78 Å². The van der Waals surface area contributed by atoms with Gasteiger partial charge in [-0.25, -0.2) is 0 Å². The average Bonchev–Trinajstić information content (AvgIpc) is 3.47. The van der Waals surface area contributed by atoms with E-state index >= 15 is 0 Å². The van der Waals surface area contributed by atoms with Gasteiger partial charge >= 0.3 is 0 Å². The van der Waals surface area contributed by atoms with Gasteiger partial charge in [0.15, 0.2) is 5.78 Å². The zero-order chi connectivity index (χ0) is 22.9. The van der Waals surface area contributed by atoms with Gasteiger partial charge in [-0.3, -0.25) is 14.6 Å². The minimum absolute atomic E-state index is 0.287. The molecular formula is C31H40N2O. The molecule has 0 bridgehead atoms. The Bertz CT molecular complexity index is 942. The van der Waals surface area contributed by atoms with Crippen LogP contribution in [0.3, 0.4) is 0 Å². The van der Waals surface area contributed by atoms with Gasteiger partial charge in [-0.2, -0.15) is 0 Å². The van der Waals surface area contributed by atoms with Crippen molar-refractivity contribution >= 4 is 5.78 Å². The lowest BCUT2D eigenvalue weighted by Crippen LogP contribution is -2.25. The highest BCUT2D eigenvalue weighted by Crippen LogP contribution is 2.44. The third kappa shape index (κ3) is 4.38. The van der Waals surface area contributed by atoms with Crippen molar-refractivity contribution in [2.24, 2.45) is 0 Å². The zero-order valence-corrected chi connectivity index (χ0v) is 20.7. The van der Waals surface area contributed by atoms with Crippen LogP contribution in [-0.2, 0) is 13.1 Å². The molecule has 180 valence electrons. The molecule has 2 aliphatic heterocycles. The van der Waals surface area contributed by atoms with Crippen molar-refractivity contribution in [2.45, 2.75) is 89.1 Å². The molecule has 0 radical (unpaired) electrons. The number of ketones is 1. The Kier molecular flexibility index (Phi) is 6.58. The predicted octanol–water partition coefficient (Wildman–Crippen LogP) is 6.64. The van der Waals surface area contributed by atoms with Gasteiger partial charge in [-0.05, 0) is 112 Å². The smallest absolute Gasteiger partial charge is 0.193 e. The molecule has 2 aromatic carbocycles. The topological polar surface area (TPSA) is 23.6 Å². The summed E-state index contributed by atoms with van der Waals surface area (Å²) in [5, 5.41) is 0. The number of hydrogen-bond acceptors (Lipinski definition) is 3. The van der Waals surface area contributed by atoms with Gasteiger partial charge in [0, 0.05) is 24.2 Å². The van der Waals surface area contributed by atoms with Crippen LogP contribution in [0.1, 0.15) is 114 Å². The summed E-state index contributed by atoms with van der Waals surface area (Å²) in [5.41, 5.74) is 7.60. The Morgan fingerprint density at radius 3 is 1.38 bits per heavy atom. The van der Waals surface area contributed by atoms with Gasteiger partial charge in [-0.15, -0.1) is 0 Å². The van der Waals surface area contributed by atoms with E-state index < -0.39 is 0 Å². The summed E-state index contributed by atoms with van der Waals surface area (Å²) in [7, 11) is 0. The van der Waals surface area contributed by atoms with Crippen LogP contribution in [0.15, 0.2) is 36.4 Å². The monoisotopic (exact) mass is 456 g/mol. The second-order valence-corrected chi connectivity index (χ2v) is 11.3. The van der Waals surface area contributed by atoms with Crippen molar-refractivity contribution in [1.82, 2.24) is 9.80 Å². The molecule has 2 aliphatic carbocycles. The Hall–Kier alpha value is -1.97. The summed E-state index contributed by atoms with van der Waals surface area (Å²) in [4.78, 5) is 19.5. The minimum Gasteiger partial charge on any atom is -0.299 e. The highest BCUT2D eigenvalue weighted by atomic mass is 16.1. The molecule has 4 fully saturated rings. The molecule has 3 heteroatoms. The molecule has 3 nitrogen and oxygen atoms in total. The fourth-order valence-electron chi connectivity index (χ4n) is 6.76. The Labute approximate surface area is 205 Å². The number of rotatable bonds is 8. The number of likely N-dealkylation sites (tertiary alicyclic amines) is 2. The van der Waals surface area contributed by atoms with Crippen molar-refractivity contribution < 1.29 is 4.79 Å². The van der Waals surface area contributed by atoms with Crippen molar-refractivity contribution in [3.8, 4) is 0 Å². The van der Waals surface area contributed by atoms with E-state index in [9.17, 15) is 4.79 Å². The minimum atomic E-state index is 0.287. The second-order valence-electron chi connectivity index (χ2n) is 11.3. The molecule has 0 aromatic heterocycles. The Morgan fingerprint density at radius 1 is 0.618 bits per heavy atom. The molecule has 2 aromatic rings. The van der Waals surface area contributed by atoms with E-state index in [1.165, 1.54) is 113 Å². The van der Waals surface area contributed by atoms with Crippen LogP contribution < -0.4 is 0 Å². The molecular weight excluding hydrogens is 416 g/mol. The van der Waals surface area contributed by atoms with Crippen molar-refractivity contribution in [3.05, 3.63) is 69.8 Å². The van der Waals surface area contributed by atoms with Crippen LogP contribution in [0, 0.1) is 0 Å². The maximum Gasteiger partial charge on any atom is 0.193 e. The fraction of sp³-hybridized carbons (Fsp3) is 0.581. The summed E-state index contributed by atoms with van der Waals surface area (Å²) < 4.78 is 0. The molecule has 2 heterocycles. The molecule has 6 rings (SSSR count). The van der Waals surface area contributed by atoms with E-state index in [2.05, 4.69) is 46.2 Å². The van der Waals surface area contributed by atoms with E-state index in [4.69, 9.17) is 0 Å². The molecule has 0 N–H and O–H groups in total. The van der Waals surface area contributed by atoms with Gasteiger partial charge in [0.1, 0.15) is 0 Å². The summed E-state index contributed by atoms with van der Waals surface area (Å²) >= 11 is 0. The fourth-order valence-corrected chi connectivity index (χ4v) is 6.76. The number of carbonyl (C=O) groups excluding carboxylic acids is 1. The van der Waals surface area contributed by atoms with Crippen LogP contribution in [-0.4, -0.2) is 41.8 Å². The van der Waals surface area contributed by atoms with Gasteiger partial charge in [0.05, 0.1) is 0 Å². The third-order valence-electron chi connectivity index (χ3n) is 9.09. The van der Waals surface area contributed by atoms with Crippen molar-refractivity contribution in [2.75, 3.05) is 26.2 Å².